The molecule has 0 aliphatic rings. The van der Waals surface area contributed by atoms with Crippen LogP contribution in [0.25, 0.3) is 6.08 Å². The van der Waals surface area contributed by atoms with Gasteiger partial charge in [0.1, 0.15) is 5.82 Å². The van der Waals surface area contributed by atoms with Crippen molar-refractivity contribution in [1.82, 2.24) is 5.32 Å². The third-order valence-electron chi connectivity index (χ3n) is 2.01. The van der Waals surface area contributed by atoms with Crippen LogP contribution in [-0.2, 0) is 0 Å². The molecule has 76 valence electrons. The number of halogens is 2. The first kappa shape index (κ1) is 11.2. The van der Waals surface area contributed by atoms with Crippen LogP contribution in [0.4, 0.5) is 4.39 Å². The van der Waals surface area contributed by atoms with Gasteiger partial charge in [-0.25, -0.2) is 4.39 Å². The van der Waals surface area contributed by atoms with Crippen molar-refractivity contribution >= 4 is 17.7 Å². The predicted molar refractivity (Wildman–Crippen MR) is 59.0 cm³/mol. The Hall–Kier alpha value is -0.860. The minimum absolute atomic E-state index is 0.200. The highest BCUT2D eigenvalue weighted by Gasteiger charge is 2.02. The van der Waals surface area contributed by atoms with Crippen LogP contribution in [-0.4, -0.2) is 13.1 Å². The van der Waals surface area contributed by atoms with Crippen LogP contribution in [0, 0.1) is 5.82 Å². The van der Waals surface area contributed by atoms with Crippen molar-refractivity contribution in [3.05, 3.63) is 40.7 Å². The SMILES string of the molecule is CNC(C)/C=C/c1c(F)cccc1Cl. The maximum absolute atomic E-state index is 13.2. The van der Waals surface area contributed by atoms with E-state index in [4.69, 9.17) is 11.6 Å². The van der Waals surface area contributed by atoms with Crippen molar-refractivity contribution in [3.8, 4) is 0 Å². The van der Waals surface area contributed by atoms with Gasteiger partial charge in [0, 0.05) is 11.6 Å². The average Bonchev–Trinajstić information content (AvgIpc) is 2.16. The molecule has 0 fully saturated rings. The summed E-state index contributed by atoms with van der Waals surface area (Å²) >= 11 is 5.84. The molecule has 0 saturated carbocycles. The van der Waals surface area contributed by atoms with Crippen LogP contribution in [0.5, 0.6) is 0 Å². The Morgan fingerprint density at radius 2 is 2.21 bits per heavy atom. The largest absolute Gasteiger partial charge is 0.314 e. The summed E-state index contributed by atoms with van der Waals surface area (Å²) < 4.78 is 13.2. The quantitative estimate of drug-likeness (QED) is 0.814. The molecule has 0 amide bonds. The zero-order chi connectivity index (χ0) is 10.6. The molecule has 1 rings (SSSR count). The number of rotatable bonds is 3. The summed E-state index contributed by atoms with van der Waals surface area (Å²) in [5.41, 5.74) is 0.441. The van der Waals surface area contributed by atoms with Crippen molar-refractivity contribution in [2.24, 2.45) is 0 Å². The standard InChI is InChI=1S/C11H13ClFN/c1-8(14-2)6-7-9-10(12)4-3-5-11(9)13/h3-8,14H,1-2H3/b7-6+. The second-order valence-corrected chi connectivity index (χ2v) is 3.48. The molecular formula is C11H13ClFN. The monoisotopic (exact) mass is 213 g/mol. The van der Waals surface area contributed by atoms with Gasteiger partial charge in [-0.2, -0.15) is 0 Å². The Morgan fingerprint density at radius 3 is 2.79 bits per heavy atom. The number of nitrogens with one attached hydrogen (secondary N) is 1. The highest BCUT2D eigenvalue weighted by Crippen LogP contribution is 2.20. The van der Waals surface area contributed by atoms with Crippen molar-refractivity contribution in [1.29, 1.82) is 0 Å². The second-order valence-electron chi connectivity index (χ2n) is 3.07. The smallest absolute Gasteiger partial charge is 0.131 e. The van der Waals surface area contributed by atoms with E-state index in [0.29, 0.717) is 10.6 Å². The second kappa shape index (κ2) is 5.13. The van der Waals surface area contributed by atoms with Gasteiger partial charge >= 0.3 is 0 Å². The van der Waals surface area contributed by atoms with E-state index in [1.165, 1.54) is 6.07 Å². The van der Waals surface area contributed by atoms with Crippen molar-refractivity contribution < 1.29 is 4.39 Å². The fraction of sp³-hybridized carbons (Fsp3) is 0.273. The minimum Gasteiger partial charge on any atom is -0.314 e. The summed E-state index contributed by atoms with van der Waals surface area (Å²) in [6.07, 6.45) is 3.56. The van der Waals surface area contributed by atoms with E-state index < -0.39 is 0 Å². The molecule has 0 radical (unpaired) electrons. The normalized spacial score (nSPS) is 13.4. The number of likely N-dealkylation sites (N-methyl/N-ethyl adjacent to an activating group) is 1. The number of hydrogen-bond acceptors (Lipinski definition) is 1. The van der Waals surface area contributed by atoms with Gasteiger partial charge < -0.3 is 5.32 Å². The molecule has 1 aromatic carbocycles. The zero-order valence-electron chi connectivity index (χ0n) is 8.22. The summed E-state index contributed by atoms with van der Waals surface area (Å²) in [7, 11) is 1.85. The van der Waals surface area contributed by atoms with Gasteiger partial charge in [0.25, 0.3) is 0 Å². The van der Waals surface area contributed by atoms with Crippen molar-refractivity contribution in [3.63, 3.8) is 0 Å². The van der Waals surface area contributed by atoms with E-state index >= 15 is 0 Å². The summed E-state index contributed by atoms with van der Waals surface area (Å²) in [4.78, 5) is 0. The molecule has 14 heavy (non-hydrogen) atoms. The molecule has 1 aromatic rings. The summed E-state index contributed by atoms with van der Waals surface area (Å²) in [5.74, 6) is -0.294. The van der Waals surface area contributed by atoms with Gasteiger partial charge in [-0.05, 0) is 26.1 Å². The van der Waals surface area contributed by atoms with Gasteiger partial charge in [-0.3, -0.25) is 0 Å². The third kappa shape index (κ3) is 2.82. The van der Waals surface area contributed by atoms with E-state index in [9.17, 15) is 4.39 Å². The predicted octanol–water partition coefficient (Wildman–Crippen LogP) is 3.10. The molecule has 0 heterocycles. The van der Waals surface area contributed by atoms with E-state index in [0.717, 1.165) is 0 Å². The number of benzene rings is 1. The van der Waals surface area contributed by atoms with Gasteiger partial charge in [-0.1, -0.05) is 29.8 Å². The van der Waals surface area contributed by atoms with E-state index in [-0.39, 0.29) is 11.9 Å². The lowest BCUT2D eigenvalue weighted by molar-refractivity contribution is 0.625. The summed E-state index contributed by atoms with van der Waals surface area (Å²) in [6, 6.07) is 4.87. The molecule has 0 aromatic heterocycles. The molecule has 1 unspecified atom stereocenters. The lowest BCUT2D eigenvalue weighted by atomic mass is 10.1. The maximum atomic E-state index is 13.2. The molecule has 1 atom stereocenters. The Morgan fingerprint density at radius 1 is 1.50 bits per heavy atom. The first-order valence-corrected chi connectivity index (χ1v) is 4.82. The lowest BCUT2D eigenvalue weighted by Crippen LogP contribution is -2.17. The highest BCUT2D eigenvalue weighted by molar-refractivity contribution is 6.32. The first-order valence-electron chi connectivity index (χ1n) is 4.44. The van der Waals surface area contributed by atoms with Crippen molar-refractivity contribution in [2.45, 2.75) is 13.0 Å². The molecule has 0 aliphatic carbocycles. The van der Waals surface area contributed by atoms with Crippen LogP contribution in [0.3, 0.4) is 0 Å². The minimum atomic E-state index is -0.294. The number of hydrogen-bond donors (Lipinski definition) is 1. The average molecular weight is 214 g/mol. The molecule has 3 heteroatoms. The molecule has 0 saturated heterocycles. The van der Waals surface area contributed by atoms with E-state index in [2.05, 4.69) is 5.32 Å². The lowest BCUT2D eigenvalue weighted by Gasteiger charge is -2.04. The van der Waals surface area contributed by atoms with E-state index in [1.807, 2.05) is 20.0 Å². The van der Waals surface area contributed by atoms with Crippen LogP contribution >= 0.6 is 11.6 Å². The van der Waals surface area contributed by atoms with Crippen LogP contribution in [0.1, 0.15) is 12.5 Å². The Labute approximate surface area is 88.6 Å². The van der Waals surface area contributed by atoms with E-state index in [1.54, 1.807) is 18.2 Å². The maximum Gasteiger partial charge on any atom is 0.131 e. The molecular weight excluding hydrogens is 201 g/mol. The van der Waals surface area contributed by atoms with Crippen LogP contribution < -0.4 is 5.32 Å². The molecule has 0 aliphatic heterocycles. The van der Waals surface area contributed by atoms with Crippen molar-refractivity contribution in [2.75, 3.05) is 7.05 Å². The molecule has 1 nitrogen and oxygen atoms in total. The highest BCUT2D eigenvalue weighted by atomic mass is 35.5. The molecule has 1 N–H and O–H groups in total. The van der Waals surface area contributed by atoms with Crippen LogP contribution in [0.15, 0.2) is 24.3 Å². The Kier molecular flexibility index (Phi) is 4.11. The zero-order valence-corrected chi connectivity index (χ0v) is 8.98. The van der Waals surface area contributed by atoms with Gasteiger partial charge in [0.05, 0.1) is 5.02 Å². The first-order chi connectivity index (χ1) is 6.65. The fourth-order valence-corrected chi connectivity index (χ4v) is 1.23. The van der Waals surface area contributed by atoms with Gasteiger partial charge in [0.2, 0.25) is 0 Å². The fourth-order valence-electron chi connectivity index (χ4n) is 1.01. The Bertz CT molecular complexity index is 316. The topological polar surface area (TPSA) is 12.0 Å². The van der Waals surface area contributed by atoms with Crippen LogP contribution in [0.2, 0.25) is 5.02 Å². The molecule has 0 spiro atoms. The molecule has 0 bridgehead atoms. The van der Waals surface area contributed by atoms with Gasteiger partial charge in [-0.15, -0.1) is 0 Å². The summed E-state index contributed by atoms with van der Waals surface area (Å²) in [5, 5.41) is 3.46. The summed E-state index contributed by atoms with van der Waals surface area (Å²) in [6.45, 7) is 1.98. The Balaban J connectivity index is 2.91. The van der Waals surface area contributed by atoms with Gasteiger partial charge in [0.15, 0.2) is 0 Å². The third-order valence-corrected chi connectivity index (χ3v) is 2.34.